The predicted octanol–water partition coefficient (Wildman–Crippen LogP) is 4.50. The summed E-state index contributed by atoms with van der Waals surface area (Å²) in [6.45, 7) is 0. The highest BCUT2D eigenvalue weighted by atomic mass is 32.2. The number of nitro groups is 1. The van der Waals surface area contributed by atoms with Crippen molar-refractivity contribution in [3.8, 4) is 5.75 Å². The Labute approximate surface area is 168 Å². The summed E-state index contributed by atoms with van der Waals surface area (Å²) in [6, 6.07) is 20.5. The third kappa shape index (κ3) is 3.77. The van der Waals surface area contributed by atoms with E-state index < -0.39 is 14.8 Å². The maximum absolute atomic E-state index is 11.8. The minimum Gasteiger partial charge on any atom is -0.456 e. The maximum Gasteiger partial charge on any atom is 0.270 e. The van der Waals surface area contributed by atoms with Crippen LogP contribution in [0.25, 0.3) is 11.3 Å². The van der Waals surface area contributed by atoms with Gasteiger partial charge in [0.25, 0.3) is 5.69 Å². The van der Waals surface area contributed by atoms with Gasteiger partial charge in [-0.25, -0.2) is 8.42 Å². The molecule has 0 N–H and O–H groups in total. The Morgan fingerprint density at radius 3 is 2.34 bits per heavy atom. The largest absolute Gasteiger partial charge is 0.456 e. The van der Waals surface area contributed by atoms with Crippen LogP contribution in [0.1, 0.15) is 16.7 Å². The van der Waals surface area contributed by atoms with Gasteiger partial charge >= 0.3 is 0 Å². The van der Waals surface area contributed by atoms with E-state index in [0.29, 0.717) is 29.1 Å². The number of benzene rings is 3. The second-order valence-corrected chi connectivity index (χ2v) is 8.81. The van der Waals surface area contributed by atoms with Crippen molar-refractivity contribution in [3.63, 3.8) is 0 Å². The monoisotopic (exact) mass is 407 g/mol. The average molecular weight is 407 g/mol. The van der Waals surface area contributed by atoms with Crippen LogP contribution in [0.15, 0.2) is 77.7 Å². The topological polar surface area (TPSA) is 86.5 Å². The lowest BCUT2D eigenvalue weighted by Gasteiger charge is -2.24. The molecule has 146 valence electrons. The van der Waals surface area contributed by atoms with Crippen LogP contribution in [0.3, 0.4) is 0 Å². The SMILES string of the molecule is CS(=O)(=O)c1ccc(C2=C(c3cccc([N+](=O)[O-])c3)Cc3ccccc3O2)cc1. The zero-order chi connectivity index (χ0) is 20.6. The summed E-state index contributed by atoms with van der Waals surface area (Å²) >= 11 is 0. The molecule has 0 unspecified atom stereocenters. The molecule has 7 heteroatoms. The van der Waals surface area contributed by atoms with Crippen molar-refractivity contribution in [1.29, 1.82) is 0 Å². The minimum atomic E-state index is -3.31. The smallest absolute Gasteiger partial charge is 0.270 e. The molecule has 0 fully saturated rings. The molecule has 0 saturated carbocycles. The zero-order valence-corrected chi connectivity index (χ0v) is 16.3. The summed E-state index contributed by atoms with van der Waals surface area (Å²) in [7, 11) is -3.31. The van der Waals surface area contributed by atoms with E-state index in [1.165, 1.54) is 24.3 Å². The number of para-hydroxylation sites is 1. The standard InChI is InChI=1S/C22H17NO5S/c1-29(26,27)19-11-9-15(10-12-19)22-20(14-17-5-2-3-8-21(17)28-22)16-6-4-7-18(13-16)23(24)25/h2-13H,14H2,1H3. The summed E-state index contributed by atoms with van der Waals surface area (Å²) in [6.07, 6.45) is 1.70. The first kappa shape index (κ1) is 18.9. The molecule has 0 saturated heterocycles. The predicted molar refractivity (Wildman–Crippen MR) is 110 cm³/mol. The third-order valence-electron chi connectivity index (χ3n) is 4.78. The van der Waals surface area contributed by atoms with Gasteiger partial charge in [0.2, 0.25) is 0 Å². The number of hydrogen-bond donors (Lipinski definition) is 0. The molecule has 6 nitrogen and oxygen atoms in total. The van der Waals surface area contributed by atoms with E-state index in [4.69, 9.17) is 4.74 Å². The maximum atomic E-state index is 11.8. The molecule has 1 aliphatic rings. The van der Waals surface area contributed by atoms with E-state index in [9.17, 15) is 18.5 Å². The molecular weight excluding hydrogens is 390 g/mol. The van der Waals surface area contributed by atoms with E-state index in [-0.39, 0.29) is 10.6 Å². The molecule has 29 heavy (non-hydrogen) atoms. The number of non-ortho nitro benzene ring substituents is 1. The van der Waals surface area contributed by atoms with Gasteiger partial charge in [0.1, 0.15) is 11.5 Å². The lowest BCUT2D eigenvalue weighted by Crippen LogP contribution is -2.09. The van der Waals surface area contributed by atoms with Crippen molar-refractivity contribution in [2.45, 2.75) is 11.3 Å². The second kappa shape index (κ2) is 7.18. The van der Waals surface area contributed by atoms with Crippen molar-refractivity contribution < 1.29 is 18.1 Å². The Morgan fingerprint density at radius 1 is 0.931 bits per heavy atom. The molecule has 3 aromatic carbocycles. The van der Waals surface area contributed by atoms with Crippen molar-refractivity contribution in [3.05, 3.63) is 99.6 Å². The van der Waals surface area contributed by atoms with Gasteiger partial charge in [-0.2, -0.15) is 0 Å². The van der Waals surface area contributed by atoms with Crippen LogP contribution < -0.4 is 4.74 Å². The van der Waals surface area contributed by atoms with Gasteiger partial charge in [-0.15, -0.1) is 0 Å². The first-order valence-electron chi connectivity index (χ1n) is 8.87. The van der Waals surface area contributed by atoms with E-state index >= 15 is 0 Å². The Hall–Kier alpha value is -3.45. The molecule has 3 aromatic rings. The van der Waals surface area contributed by atoms with Gasteiger partial charge in [0.05, 0.1) is 9.82 Å². The number of hydrogen-bond acceptors (Lipinski definition) is 5. The first-order chi connectivity index (χ1) is 13.8. The molecule has 0 bridgehead atoms. The van der Waals surface area contributed by atoms with Gasteiger partial charge in [-0.1, -0.05) is 30.3 Å². The quantitative estimate of drug-likeness (QED) is 0.469. The average Bonchev–Trinajstić information content (AvgIpc) is 2.72. The van der Waals surface area contributed by atoms with Crippen LogP contribution in [0.5, 0.6) is 5.75 Å². The van der Waals surface area contributed by atoms with Gasteiger partial charge in [0, 0.05) is 35.9 Å². The van der Waals surface area contributed by atoms with Crippen molar-refractivity contribution in [2.75, 3.05) is 6.26 Å². The summed E-state index contributed by atoms with van der Waals surface area (Å²) < 4.78 is 29.7. The minimum absolute atomic E-state index is 0.000586. The van der Waals surface area contributed by atoms with Crippen molar-refractivity contribution >= 4 is 26.9 Å². The fourth-order valence-electron chi connectivity index (χ4n) is 3.32. The first-order valence-corrected chi connectivity index (χ1v) is 10.8. The number of nitrogens with zero attached hydrogens (tertiary/aromatic N) is 1. The van der Waals surface area contributed by atoms with Crippen LogP contribution >= 0.6 is 0 Å². The second-order valence-electron chi connectivity index (χ2n) is 6.80. The molecule has 1 heterocycles. The van der Waals surface area contributed by atoms with Crippen LogP contribution in [0, 0.1) is 10.1 Å². The molecule has 0 radical (unpaired) electrons. The Balaban J connectivity index is 1.87. The number of nitro benzene ring substituents is 1. The van der Waals surface area contributed by atoms with Crippen LogP contribution in [-0.4, -0.2) is 19.6 Å². The fraction of sp³-hybridized carbons (Fsp3) is 0.0909. The van der Waals surface area contributed by atoms with Crippen molar-refractivity contribution in [2.24, 2.45) is 0 Å². The summed E-state index contributed by atoms with van der Waals surface area (Å²) in [5, 5.41) is 11.2. The van der Waals surface area contributed by atoms with Gasteiger partial charge in [-0.05, 0) is 41.5 Å². The van der Waals surface area contributed by atoms with Crippen LogP contribution in [-0.2, 0) is 16.3 Å². The molecule has 4 rings (SSSR count). The number of rotatable bonds is 4. The van der Waals surface area contributed by atoms with Crippen LogP contribution in [0.4, 0.5) is 5.69 Å². The highest BCUT2D eigenvalue weighted by molar-refractivity contribution is 7.90. The molecular formula is C22H17NO5S. The van der Waals surface area contributed by atoms with Crippen LogP contribution in [0.2, 0.25) is 0 Å². The molecule has 0 aliphatic carbocycles. The number of allylic oxidation sites excluding steroid dienone is 1. The van der Waals surface area contributed by atoms with Gasteiger partial charge in [0.15, 0.2) is 9.84 Å². The Kier molecular flexibility index (Phi) is 4.68. The van der Waals surface area contributed by atoms with E-state index in [2.05, 4.69) is 0 Å². The van der Waals surface area contributed by atoms with Gasteiger partial charge in [-0.3, -0.25) is 10.1 Å². The lowest BCUT2D eigenvalue weighted by atomic mass is 9.92. The normalized spacial score (nSPS) is 13.6. The molecule has 0 amide bonds. The number of sulfone groups is 1. The van der Waals surface area contributed by atoms with E-state index in [1.807, 2.05) is 30.3 Å². The lowest BCUT2D eigenvalue weighted by molar-refractivity contribution is -0.384. The third-order valence-corrected chi connectivity index (χ3v) is 5.90. The molecule has 0 atom stereocenters. The molecule has 0 aromatic heterocycles. The van der Waals surface area contributed by atoms with Crippen molar-refractivity contribution in [1.82, 2.24) is 0 Å². The fourth-order valence-corrected chi connectivity index (χ4v) is 3.95. The molecule has 0 spiro atoms. The summed E-state index contributed by atoms with van der Waals surface area (Å²) in [5.74, 6) is 1.27. The Morgan fingerprint density at radius 2 is 1.66 bits per heavy atom. The van der Waals surface area contributed by atoms with Gasteiger partial charge < -0.3 is 4.74 Å². The number of fused-ring (bicyclic) bond motifs is 1. The van der Waals surface area contributed by atoms with E-state index in [1.54, 1.807) is 18.2 Å². The van der Waals surface area contributed by atoms with E-state index in [0.717, 1.165) is 17.4 Å². The summed E-state index contributed by atoms with van der Waals surface area (Å²) in [4.78, 5) is 11.0. The Bertz CT molecular complexity index is 1240. The summed E-state index contributed by atoms with van der Waals surface area (Å²) in [5.41, 5.74) is 3.18. The number of ether oxygens (including phenoxy) is 1. The highest BCUT2D eigenvalue weighted by Gasteiger charge is 2.23. The highest BCUT2D eigenvalue weighted by Crippen LogP contribution is 2.39. The zero-order valence-electron chi connectivity index (χ0n) is 15.5. The molecule has 1 aliphatic heterocycles.